The third-order valence-electron chi connectivity index (χ3n) is 5.43. The molecule has 5 heterocycles. The number of fused-ring (bicyclic) bond motifs is 1. The van der Waals surface area contributed by atoms with Gasteiger partial charge in [-0.15, -0.1) is 5.10 Å². The molecule has 10 nitrogen and oxygen atoms in total. The van der Waals surface area contributed by atoms with Crippen LogP contribution in [0.2, 0.25) is 0 Å². The maximum absolute atomic E-state index is 12.4. The van der Waals surface area contributed by atoms with E-state index in [4.69, 9.17) is 0 Å². The van der Waals surface area contributed by atoms with Crippen LogP contribution in [0.4, 0.5) is 5.82 Å². The molecule has 30 heavy (non-hydrogen) atoms. The Bertz CT molecular complexity index is 1290. The highest BCUT2D eigenvalue weighted by atomic mass is 16.1. The van der Waals surface area contributed by atoms with Gasteiger partial charge in [0.1, 0.15) is 24.1 Å². The lowest BCUT2D eigenvalue weighted by Gasteiger charge is -2.32. The van der Waals surface area contributed by atoms with Crippen molar-refractivity contribution in [2.75, 3.05) is 18.0 Å². The highest BCUT2D eigenvalue weighted by molar-refractivity contribution is 5.48. The Labute approximate surface area is 171 Å². The predicted molar refractivity (Wildman–Crippen MR) is 110 cm³/mol. The van der Waals surface area contributed by atoms with E-state index in [1.807, 2.05) is 18.2 Å². The van der Waals surface area contributed by atoms with Gasteiger partial charge < -0.3 is 4.90 Å². The quantitative estimate of drug-likeness (QED) is 0.494. The van der Waals surface area contributed by atoms with Crippen LogP contribution in [0.5, 0.6) is 0 Å². The summed E-state index contributed by atoms with van der Waals surface area (Å²) >= 11 is 0. The lowest BCUT2D eigenvalue weighted by atomic mass is 9.97. The van der Waals surface area contributed by atoms with E-state index in [2.05, 4.69) is 25.1 Å². The molecule has 4 aromatic rings. The third-order valence-corrected chi connectivity index (χ3v) is 5.43. The zero-order valence-corrected chi connectivity index (χ0v) is 16.2. The van der Waals surface area contributed by atoms with Crippen LogP contribution < -0.4 is 16.0 Å². The van der Waals surface area contributed by atoms with Gasteiger partial charge in [-0.2, -0.15) is 5.10 Å². The highest BCUT2D eigenvalue weighted by Gasteiger charge is 2.22. The van der Waals surface area contributed by atoms with Crippen molar-refractivity contribution >= 4 is 11.5 Å². The molecule has 5 rings (SSSR count). The topological polar surface area (TPSA) is 103 Å². The van der Waals surface area contributed by atoms with Crippen molar-refractivity contribution in [2.45, 2.75) is 19.4 Å². The van der Waals surface area contributed by atoms with Crippen LogP contribution in [0, 0.1) is 5.92 Å². The average molecular weight is 404 g/mol. The zero-order chi connectivity index (χ0) is 20.5. The van der Waals surface area contributed by atoms with E-state index in [1.165, 1.54) is 26.2 Å². The van der Waals surface area contributed by atoms with Crippen LogP contribution >= 0.6 is 0 Å². The summed E-state index contributed by atoms with van der Waals surface area (Å²) in [6.45, 7) is 2.10. The van der Waals surface area contributed by atoms with Gasteiger partial charge in [0.2, 0.25) is 0 Å². The van der Waals surface area contributed by atoms with Crippen LogP contribution in [-0.2, 0) is 6.54 Å². The van der Waals surface area contributed by atoms with Gasteiger partial charge in [-0.05, 0) is 37.0 Å². The number of aromatic nitrogens is 7. The summed E-state index contributed by atoms with van der Waals surface area (Å²) in [5.41, 5.74) is 0.423. The second-order valence-electron chi connectivity index (χ2n) is 7.36. The first-order valence-corrected chi connectivity index (χ1v) is 9.84. The minimum Gasteiger partial charge on any atom is -0.356 e. The molecular formula is C20H20N8O2. The number of pyridine rings is 1. The Kier molecular flexibility index (Phi) is 4.58. The van der Waals surface area contributed by atoms with Gasteiger partial charge in [-0.1, -0.05) is 6.07 Å². The largest absolute Gasteiger partial charge is 0.356 e. The van der Waals surface area contributed by atoms with E-state index in [9.17, 15) is 9.59 Å². The third kappa shape index (κ3) is 3.47. The molecular weight excluding hydrogens is 384 g/mol. The second-order valence-corrected chi connectivity index (χ2v) is 7.36. The normalized spacial score (nSPS) is 15.0. The van der Waals surface area contributed by atoms with E-state index in [0.717, 1.165) is 25.9 Å². The number of piperidine rings is 1. The van der Waals surface area contributed by atoms with Gasteiger partial charge in [-0.3, -0.25) is 14.0 Å². The van der Waals surface area contributed by atoms with E-state index >= 15 is 0 Å². The zero-order valence-electron chi connectivity index (χ0n) is 16.2. The smallest absolute Gasteiger partial charge is 0.266 e. The average Bonchev–Trinajstić information content (AvgIpc) is 3.31. The Morgan fingerprint density at radius 2 is 1.87 bits per heavy atom. The summed E-state index contributed by atoms with van der Waals surface area (Å²) < 4.78 is 4.57. The summed E-state index contributed by atoms with van der Waals surface area (Å²) in [4.78, 5) is 35.3. The van der Waals surface area contributed by atoms with Crippen molar-refractivity contribution in [3.8, 4) is 5.82 Å². The molecule has 152 valence electrons. The van der Waals surface area contributed by atoms with Gasteiger partial charge in [0, 0.05) is 38.0 Å². The SMILES string of the molecule is O=c1ccc(-n2cncn2)nn1CC1CCN(c2cc(=O)n3ccccc3n2)CC1. The highest BCUT2D eigenvalue weighted by Crippen LogP contribution is 2.22. The van der Waals surface area contributed by atoms with Crippen molar-refractivity contribution in [2.24, 2.45) is 5.92 Å². The number of hydrogen-bond acceptors (Lipinski definition) is 7. The molecule has 1 saturated heterocycles. The molecule has 0 radical (unpaired) electrons. The maximum Gasteiger partial charge on any atom is 0.266 e. The summed E-state index contributed by atoms with van der Waals surface area (Å²) in [5.74, 6) is 1.58. The molecule has 10 heteroatoms. The number of nitrogens with zero attached hydrogens (tertiary/aromatic N) is 8. The van der Waals surface area contributed by atoms with Crippen LogP contribution in [0.3, 0.4) is 0 Å². The molecule has 1 aliphatic heterocycles. The second kappa shape index (κ2) is 7.54. The van der Waals surface area contributed by atoms with Gasteiger partial charge in [0.15, 0.2) is 5.82 Å². The van der Waals surface area contributed by atoms with Crippen molar-refractivity contribution in [3.63, 3.8) is 0 Å². The Morgan fingerprint density at radius 3 is 2.67 bits per heavy atom. The number of hydrogen-bond donors (Lipinski definition) is 0. The van der Waals surface area contributed by atoms with E-state index in [0.29, 0.717) is 29.7 Å². The molecule has 0 aliphatic carbocycles. The lowest BCUT2D eigenvalue weighted by molar-refractivity contribution is 0.333. The molecule has 0 aromatic carbocycles. The first kappa shape index (κ1) is 18.2. The van der Waals surface area contributed by atoms with E-state index in [-0.39, 0.29) is 11.1 Å². The fraction of sp³-hybridized carbons (Fsp3) is 0.300. The Hall–Kier alpha value is -3.82. The summed E-state index contributed by atoms with van der Waals surface area (Å²) in [5, 5.41) is 8.49. The van der Waals surface area contributed by atoms with Gasteiger partial charge in [0.25, 0.3) is 11.1 Å². The summed E-state index contributed by atoms with van der Waals surface area (Å²) in [7, 11) is 0. The molecule has 0 unspecified atom stereocenters. The molecule has 0 N–H and O–H groups in total. The number of rotatable bonds is 4. The van der Waals surface area contributed by atoms with Crippen LogP contribution in [-0.4, -0.2) is 47.0 Å². The monoisotopic (exact) mass is 404 g/mol. The summed E-state index contributed by atoms with van der Waals surface area (Å²) in [6.07, 6.45) is 6.47. The first-order chi connectivity index (χ1) is 14.7. The Balaban J connectivity index is 1.30. The molecule has 4 aromatic heterocycles. The van der Waals surface area contributed by atoms with Crippen LogP contribution in [0.25, 0.3) is 11.5 Å². The van der Waals surface area contributed by atoms with Crippen molar-refractivity contribution in [1.29, 1.82) is 0 Å². The predicted octanol–water partition coefficient (Wildman–Crippen LogP) is 0.748. The molecule has 0 bridgehead atoms. The van der Waals surface area contributed by atoms with Crippen LogP contribution in [0.15, 0.2) is 64.8 Å². The van der Waals surface area contributed by atoms with Crippen molar-refractivity contribution < 1.29 is 0 Å². The van der Waals surface area contributed by atoms with E-state index in [1.54, 1.807) is 24.7 Å². The molecule has 0 atom stereocenters. The van der Waals surface area contributed by atoms with Crippen molar-refractivity contribution in [1.82, 2.24) is 33.9 Å². The van der Waals surface area contributed by atoms with Crippen LogP contribution in [0.1, 0.15) is 12.8 Å². The fourth-order valence-corrected chi connectivity index (χ4v) is 3.81. The van der Waals surface area contributed by atoms with Gasteiger partial charge in [-0.25, -0.2) is 19.3 Å². The fourth-order valence-electron chi connectivity index (χ4n) is 3.81. The molecule has 1 fully saturated rings. The molecule has 1 aliphatic rings. The van der Waals surface area contributed by atoms with Gasteiger partial charge >= 0.3 is 0 Å². The first-order valence-electron chi connectivity index (χ1n) is 9.84. The molecule has 0 amide bonds. The van der Waals surface area contributed by atoms with Gasteiger partial charge in [0.05, 0.1) is 0 Å². The van der Waals surface area contributed by atoms with Crippen molar-refractivity contribution in [3.05, 3.63) is 76.0 Å². The lowest BCUT2D eigenvalue weighted by Crippen LogP contribution is -2.38. The minimum absolute atomic E-state index is 0.0848. The molecule has 0 spiro atoms. The maximum atomic E-state index is 12.4. The standard InChI is InChI=1S/C20H20N8O2/c29-19-5-4-17(28-14-21-13-22-28)24-27(19)12-15-6-9-25(10-7-15)18-11-20(30)26-8-2-1-3-16(26)23-18/h1-5,8,11,13-15H,6-7,9-10,12H2. The Morgan fingerprint density at radius 1 is 1.00 bits per heavy atom. The molecule has 0 saturated carbocycles. The minimum atomic E-state index is -0.134. The number of anilines is 1. The summed E-state index contributed by atoms with van der Waals surface area (Å²) in [6, 6.07) is 10.2. The van der Waals surface area contributed by atoms with E-state index < -0.39 is 0 Å².